The maximum atomic E-state index is 11.1. The molecule has 6 nitrogen and oxygen atoms in total. The number of nitrogens with one attached hydrogen (secondary N) is 2. The summed E-state index contributed by atoms with van der Waals surface area (Å²) in [5.74, 6) is 0.285. The van der Waals surface area contributed by atoms with E-state index in [0.29, 0.717) is 26.1 Å². The second kappa shape index (κ2) is 7.21. The summed E-state index contributed by atoms with van der Waals surface area (Å²) in [6, 6.07) is 0. The molecule has 0 fully saturated rings. The van der Waals surface area contributed by atoms with Crippen LogP contribution in [0.2, 0.25) is 0 Å². The predicted octanol–water partition coefficient (Wildman–Crippen LogP) is -1.05. The first-order chi connectivity index (χ1) is 7.27. The van der Waals surface area contributed by atoms with Crippen LogP contribution >= 0.6 is 0 Å². The van der Waals surface area contributed by atoms with E-state index in [4.69, 9.17) is 0 Å². The Kier molecular flexibility index (Phi) is 7.12. The van der Waals surface area contributed by atoms with Crippen molar-refractivity contribution in [2.45, 2.75) is 13.3 Å². The van der Waals surface area contributed by atoms with Crippen LogP contribution in [-0.4, -0.2) is 54.2 Å². The number of hydrogen-bond acceptors (Lipinski definition) is 5. The summed E-state index contributed by atoms with van der Waals surface area (Å²) in [4.78, 5) is 0. The van der Waals surface area contributed by atoms with Crippen LogP contribution in [0.25, 0.3) is 0 Å². The molecule has 0 unspecified atom stereocenters. The molecule has 0 heterocycles. The van der Waals surface area contributed by atoms with E-state index in [0.717, 1.165) is 6.26 Å². The van der Waals surface area contributed by atoms with Gasteiger partial charge in [0.05, 0.1) is 12.0 Å². The molecule has 0 spiro atoms. The molecule has 0 aromatic rings. The first-order valence-corrected chi connectivity index (χ1v) is 8.84. The first-order valence-electron chi connectivity index (χ1n) is 5.12. The highest BCUT2D eigenvalue weighted by atomic mass is 32.2. The summed E-state index contributed by atoms with van der Waals surface area (Å²) in [5, 5.41) is 2.95. The quantitative estimate of drug-likeness (QED) is 0.523. The van der Waals surface area contributed by atoms with E-state index < -0.39 is 19.9 Å². The summed E-state index contributed by atoms with van der Waals surface area (Å²) in [6.07, 6.45) is 1.74. The SMILES string of the molecule is CCS(=O)(=O)CCNCCCNS(C)(=O)=O. The van der Waals surface area contributed by atoms with E-state index >= 15 is 0 Å². The Morgan fingerprint density at radius 3 is 2.12 bits per heavy atom. The van der Waals surface area contributed by atoms with Crippen LogP contribution in [0.3, 0.4) is 0 Å². The normalized spacial score (nSPS) is 12.9. The molecule has 0 aromatic heterocycles. The third-order valence-corrected chi connectivity index (χ3v) is 4.36. The van der Waals surface area contributed by atoms with E-state index in [-0.39, 0.29) is 11.5 Å². The fourth-order valence-corrected chi connectivity index (χ4v) is 2.23. The van der Waals surface area contributed by atoms with Gasteiger partial charge in [0.1, 0.15) is 0 Å². The average molecular weight is 272 g/mol. The van der Waals surface area contributed by atoms with Gasteiger partial charge < -0.3 is 5.32 Å². The van der Waals surface area contributed by atoms with Gasteiger partial charge in [-0.25, -0.2) is 21.6 Å². The number of rotatable bonds is 9. The molecule has 0 radical (unpaired) electrons. The van der Waals surface area contributed by atoms with Gasteiger partial charge in [0.25, 0.3) is 0 Å². The first kappa shape index (κ1) is 15.8. The Balaban J connectivity index is 3.42. The molecule has 0 atom stereocenters. The van der Waals surface area contributed by atoms with Crippen molar-refractivity contribution in [3.05, 3.63) is 0 Å². The van der Waals surface area contributed by atoms with Crippen LogP contribution in [0.1, 0.15) is 13.3 Å². The summed E-state index contributed by atoms with van der Waals surface area (Å²) in [7, 11) is -6.03. The van der Waals surface area contributed by atoms with Gasteiger partial charge in [-0.1, -0.05) is 6.92 Å². The van der Waals surface area contributed by atoms with E-state index in [2.05, 4.69) is 10.0 Å². The standard InChI is InChI=1S/C8H20N2O4S2/c1-3-16(13,14)8-7-9-5-4-6-10-15(2,11)12/h9-10H,3-8H2,1-2H3. The Bertz CT molecular complexity index is 375. The number of hydrogen-bond donors (Lipinski definition) is 2. The monoisotopic (exact) mass is 272 g/mol. The molecule has 16 heavy (non-hydrogen) atoms. The van der Waals surface area contributed by atoms with E-state index in [9.17, 15) is 16.8 Å². The van der Waals surface area contributed by atoms with E-state index in [1.807, 2.05) is 0 Å². The van der Waals surface area contributed by atoms with Crippen molar-refractivity contribution in [3.63, 3.8) is 0 Å². The number of sulfone groups is 1. The van der Waals surface area contributed by atoms with Crippen molar-refractivity contribution >= 4 is 19.9 Å². The lowest BCUT2D eigenvalue weighted by atomic mass is 10.4. The third-order valence-electron chi connectivity index (χ3n) is 1.92. The molecule has 8 heteroatoms. The molecule has 0 aromatic carbocycles. The molecule has 0 aliphatic heterocycles. The van der Waals surface area contributed by atoms with Gasteiger partial charge in [0.15, 0.2) is 9.84 Å². The molecule has 2 N–H and O–H groups in total. The lowest BCUT2D eigenvalue weighted by Crippen LogP contribution is -2.28. The topological polar surface area (TPSA) is 92.3 Å². The largest absolute Gasteiger partial charge is 0.316 e. The van der Waals surface area contributed by atoms with Crippen LogP contribution in [0.4, 0.5) is 0 Å². The molecule has 0 bridgehead atoms. The summed E-state index contributed by atoms with van der Waals surface area (Å²) in [6.45, 7) is 2.99. The lowest BCUT2D eigenvalue weighted by Gasteiger charge is -2.05. The zero-order valence-corrected chi connectivity index (χ0v) is 11.3. The minimum absolute atomic E-state index is 0.128. The molecule has 0 amide bonds. The molecular formula is C8H20N2O4S2. The summed E-state index contributed by atoms with van der Waals surface area (Å²) in [5.41, 5.74) is 0. The zero-order valence-electron chi connectivity index (χ0n) is 9.69. The molecule has 98 valence electrons. The van der Waals surface area contributed by atoms with E-state index in [1.165, 1.54) is 0 Å². The molecule has 0 rings (SSSR count). The maximum Gasteiger partial charge on any atom is 0.208 e. The van der Waals surface area contributed by atoms with Crippen molar-refractivity contribution in [1.29, 1.82) is 0 Å². The Morgan fingerprint density at radius 1 is 1.00 bits per heavy atom. The van der Waals surface area contributed by atoms with Crippen LogP contribution in [0.15, 0.2) is 0 Å². The third kappa shape index (κ3) is 10.3. The highest BCUT2D eigenvalue weighted by Crippen LogP contribution is 1.87. The van der Waals surface area contributed by atoms with Gasteiger partial charge in [0, 0.05) is 18.8 Å². The molecule has 0 saturated carbocycles. The second-order valence-electron chi connectivity index (χ2n) is 3.51. The lowest BCUT2D eigenvalue weighted by molar-refractivity contribution is 0.579. The molecular weight excluding hydrogens is 252 g/mol. The van der Waals surface area contributed by atoms with Crippen molar-refractivity contribution < 1.29 is 16.8 Å². The van der Waals surface area contributed by atoms with Crippen molar-refractivity contribution in [2.75, 3.05) is 37.4 Å². The van der Waals surface area contributed by atoms with Crippen LogP contribution in [-0.2, 0) is 19.9 Å². The van der Waals surface area contributed by atoms with Crippen LogP contribution in [0, 0.1) is 0 Å². The van der Waals surface area contributed by atoms with Gasteiger partial charge in [-0.15, -0.1) is 0 Å². The van der Waals surface area contributed by atoms with Crippen molar-refractivity contribution in [2.24, 2.45) is 0 Å². The van der Waals surface area contributed by atoms with Crippen molar-refractivity contribution in [3.8, 4) is 0 Å². The minimum atomic E-state index is -3.12. The smallest absolute Gasteiger partial charge is 0.208 e. The molecule has 0 saturated heterocycles. The van der Waals surface area contributed by atoms with Gasteiger partial charge in [-0.2, -0.15) is 0 Å². The number of sulfonamides is 1. The Hall–Kier alpha value is -0.180. The fraction of sp³-hybridized carbons (Fsp3) is 1.00. The van der Waals surface area contributed by atoms with Crippen molar-refractivity contribution in [1.82, 2.24) is 10.0 Å². The summed E-state index contributed by atoms with van der Waals surface area (Å²) < 4.78 is 45.9. The Labute approximate surface area is 97.8 Å². The summed E-state index contributed by atoms with van der Waals surface area (Å²) >= 11 is 0. The maximum absolute atomic E-state index is 11.1. The Morgan fingerprint density at radius 2 is 1.62 bits per heavy atom. The van der Waals surface area contributed by atoms with E-state index in [1.54, 1.807) is 6.92 Å². The predicted molar refractivity (Wildman–Crippen MR) is 64.7 cm³/mol. The highest BCUT2D eigenvalue weighted by molar-refractivity contribution is 7.91. The van der Waals surface area contributed by atoms with Gasteiger partial charge in [-0.3, -0.25) is 0 Å². The second-order valence-corrected chi connectivity index (χ2v) is 7.81. The van der Waals surface area contributed by atoms with Gasteiger partial charge >= 0.3 is 0 Å². The van der Waals surface area contributed by atoms with Gasteiger partial charge in [-0.05, 0) is 13.0 Å². The van der Waals surface area contributed by atoms with Crippen LogP contribution < -0.4 is 10.0 Å². The zero-order chi connectivity index (χ0) is 12.7. The highest BCUT2D eigenvalue weighted by Gasteiger charge is 2.05. The van der Waals surface area contributed by atoms with Gasteiger partial charge in [0.2, 0.25) is 10.0 Å². The minimum Gasteiger partial charge on any atom is -0.316 e. The molecule has 0 aliphatic carbocycles. The average Bonchev–Trinajstić information content (AvgIpc) is 2.14. The molecule has 0 aliphatic rings. The fourth-order valence-electron chi connectivity index (χ4n) is 0.968. The van der Waals surface area contributed by atoms with Crippen LogP contribution in [0.5, 0.6) is 0 Å².